The summed E-state index contributed by atoms with van der Waals surface area (Å²) in [7, 11) is 0. The maximum absolute atomic E-state index is 15.1. The Balaban J connectivity index is 1.46. The number of ether oxygens (including phenoxy) is 1. The molecule has 7 heteroatoms. The highest BCUT2D eigenvalue weighted by atomic mass is 35.5. The monoisotopic (exact) mass is 518 g/mol. The van der Waals surface area contributed by atoms with Crippen LogP contribution in [0.3, 0.4) is 0 Å². The molecule has 0 bridgehead atoms. The first kappa shape index (κ1) is 26.0. The lowest BCUT2D eigenvalue weighted by Gasteiger charge is -2.11. The lowest BCUT2D eigenvalue weighted by Crippen LogP contribution is -2.02. The predicted molar refractivity (Wildman–Crippen MR) is 132 cm³/mol. The van der Waals surface area contributed by atoms with Crippen LogP contribution in [0.25, 0.3) is 10.8 Å². The number of halogens is 6. The van der Waals surface area contributed by atoms with E-state index < -0.39 is 34.1 Å². The van der Waals surface area contributed by atoms with Crippen LogP contribution in [0.15, 0.2) is 54.6 Å². The standard InChI is InChI=1S/C29H24ClF5O/c1-2-11-36-21-15-24(31)23(25(32)16-21)10-5-17-4-9-22-20(12-17)8-7-19(29(22)35)6-3-18-13-26(33)28(30)27(34)14-18/h4,7-9,12-16H,2-3,5-6,10-11H2,1H3. The highest BCUT2D eigenvalue weighted by Gasteiger charge is 2.14. The molecule has 0 aromatic heterocycles. The van der Waals surface area contributed by atoms with Gasteiger partial charge in [-0.1, -0.05) is 48.9 Å². The topological polar surface area (TPSA) is 9.23 Å². The second kappa shape index (κ2) is 11.3. The van der Waals surface area contributed by atoms with Crippen LogP contribution in [0.2, 0.25) is 5.02 Å². The molecule has 0 aliphatic carbocycles. The molecule has 0 N–H and O–H groups in total. The van der Waals surface area contributed by atoms with E-state index in [1.807, 2.05) is 6.92 Å². The fourth-order valence-corrected chi connectivity index (χ4v) is 4.27. The fraction of sp³-hybridized carbons (Fsp3) is 0.241. The van der Waals surface area contributed by atoms with Gasteiger partial charge < -0.3 is 4.74 Å². The van der Waals surface area contributed by atoms with Gasteiger partial charge in [0.25, 0.3) is 0 Å². The van der Waals surface area contributed by atoms with E-state index in [1.54, 1.807) is 30.3 Å². The van der Waals surface area contributed by atoms with Gasteiger partial charge in [0.2, 0.25) is 0 Å². The molecule has 0 saturated heterocycles. The average molecular weight is 519 g/mol. The van der Waals surface area contributed by atoms with E-state index in [4.69, 9.17) is 16.3 Å². The Morgan fingerprint density at radius 2 is 1.36 bits per heavy atom. The SMILES string of the molecule is CCCOc1cc(F)c(CCc2ccc3c(F)c(CCc4cc(F)c(Cl)c(F)c4)ccc3c2)c(F)c1. The maximum atomic E-state index is 15.1. The number of aryl methyl sites for hydroxylation is 3. The number of hydrogen-bond donors (Lipinski definition) is 0. The molecule has 4 aromatic carbocycles. The third-order valence-electron chi connectivity index (χ3n) is 6.08. The predicted octanol–water partition coefficient (Wildman–Crippen LogP) is 8.55. The van der Waals surface area contributed by atoms with Crippen molar-refractivity contribution in [2.45, 2.75) is 39.0 Å². The molecule has 188 valence electrons. The van der Waals surface area contributed by atoms with Crippen molar-refractivity contribution in [2.75, 3.05) is 6.61 Å². The highest BCUT2D eigenvalue weighted by molar-refractivity contribution is 6.30. The lowest BCUT2D eigenvalue weighted by atomic mass is 9.97. The Morgan fingerprint density at radius 1 is 0.694 bits per heavy atom. The van der Waals surface area contributed by atoms with Crippen LogP contribution in [0.1, 0.15) is 35.6 Å². The summed E-state index contributed by atoms with van der Waals surface area (Å²) < 4.78 is 76.7. The van der Waals surface area contributed by atoms with Gasteiger partial charge >= 0.3 is 0 Å². The Labute approximate surface area is 211 Å². The Bertz CT molecular complexity index is 1360. The summed E-state index contributed by atoms with van der Waals surface area (Å²) in [5.41, 5.74) is 1.59. The molecule has 0 atom stereocenters. The zero-order valence-electron chi connectivity index (χ0n) is 19.6. The van der Waals surface area contributed by atoms with Crippen molar-refractivity contribution in [3.63, 3.8) is 0 Å². The zero-order chi connectivity index (χ0) is 25.8. The Kier molecular flexibility index (Phi) is 8.14. The minimum absolute atomic E-state index is 0.0180. The number of fused-ring (bicyclic) bond motifs is 1. The molecule has 1 nitrogen and oxygen atoms in total. The molecular weight excluding hydrogens is 495 g/mol. The first-order valence-electron chi connectivity index (χ1n) is 11.7. The molecule has 0 heterocycles. The van der Waals surface area contributed by atoms with Gasteiger partial charge in [0.15, 0.2) is 0 Å². The van der Waals surface area contributed by atoms with Crippen LogP contribution >= 0.6 is 11.6 Å². The first-order chi connectivity index (χ1) is 17.3. The maximum Gasteiger partial charge on any atom is 0.145 e. The van der Waals surface area contributed by atoms with E-state index in [1.165, 1.54) is 12.1 Å². The molecular formula is C29H24ClF5O. The smallest absolute Gasteiger partial charge is 0.145 e. The normalized spacial score (nSPS) is 11.3. The molecule has 0 fully saturated rings. The van der Waals surface area contributed by atoms with Crippen LogP contribution < -0.4 is 4.74 Å². The molecule has 0 amide bonds. The molecule has 0 aliphatic rings. The van der Waals surface area contributed by atoms with Gasteiger partial charge in [0, 0.05) is 23.1 Å². The number of rotatable bonds is 9. The molecule has 0 aliphatic heterocycles. The van der Waals surface area contributed by atoms with Gasteiger partial charge in [-0.25, -0.2) is 22.0 Å². The fourth-order valence-electron chi connectivity index (χ4n) is 4.16. The summed E-state index contributed by atoms with van der Waals surface area (Å²) >= 11 is 5.51. The van der Waals surface area contributed by atoms with Gasteiger partial charge in [-0.3, -0.25) is 0 Å². The highest BCUT2D eigenvalue weighted by Crippen LogP contribution is 2.27. The van der Waals surface area contributed by atoms with Gasteiger partial charge in [-0.05, 0) is 66.3 Å². The third kappa shape index (κ3) is 5.81. The van der Waals surface area contributed by atoms with Crippen molar-refractivity contribution in [2.24, 2.45) is 0 Å². The van der Waals surface area contributed by atoms with E-state index >= 15 is 4.39 Å². The van der Waals surface area contributed by atoms with E-state index in [9.17, 15) is 17.6 Å². The summed E-state index contributed by atoms with van der Waals surface area (Å²) in [4.78, 5) is 0. The van der Waals surface area contributed by atoms with Crippen molar-refractivity contribution in [3.05, 3.63) is 111 Å². The summed E-state index contributed by atoms with van der Waals surface area (Å²) in [6.07, 6.45) is 1.74. The van der Waals surface area contributed by atoms with E-state index in [-0.39, 0.29) is 30.6 Å². The first-order valence-corrected chi connectivity index (χ1v) is 12.1. The van der Waals surface area contributed by atoms with Gasteiger partial charge in [-0.2, -0.15) is 0 Å². The van der Waals surface area contributed by atoms with Gasteiger partial charge in [0.05, 0.1) is 6.61 Å². The molecule has 4 aromatic rings. The summed E-state index contributed by atoms with van der Waals surface area (Å²) in [5.74, 6) is -3.25. The summed E-state index contributed by atoms with van der Waals surface area (Å²) in [6.45, 7) is 2.29. The molecule has 0 radical (unpaired) electrons. The number of benzene rings is 4. The Morgan fingerprint density at radius 3 is 2.03 bits per heavy atom. The molecule has 0 spiro atoms. The van der Waals surface area contributed by atoms with E-state index in [2.05, 4.69) is 0 Å². The minimum Gasteiger partial charge on any atom is -0.493 e. The second-order valence-electron chi connectivity index (χ2n) is 8.68. The average Bonchev–Trinajstić information content (AvgIpc) is 2.85. The van der Waals surface area contributed by atoms with Crippen molar-refractivity contribution in [3.8, 4) is 5.75 Å². The van der Waals surface area contributed by atoms with E-state index in [0.29, 0.717) is 34.9 Å². The van der Waals surface area contributed by atoms with Gasteiger partial charge in [-0.15, -0.1) is 0 Å². The quantitative estimate of drug-likeness (QED) is 0.159. The molecule has 36 heavy (non-hydrogen) atoms. The van der Waals surface area contributed by atoms with Crippen LogP contribution in [0.4, 0.5) is 22.0 Å². The van der Waals surface area contributed by atoms with Crippen molar-refractivity contribution < 1.29 is 26.7 Å². The number of hydrogen-bond acceptors (Lipinski definition) is 1. The van der Waals surface area contributed by atoms with Crippen LogP contribution in [0.5, 0.6) is 5.75 Å². The van der Waals surface area contributed by atoms with Crippen LogP contribution in [-0.2, 0) is 25.7 Å². The second-order valence-corrected chi connectivity index (χ2v) is 9.06. The summed E-state index contributed by atoms with van der Waals surface area (Å²) in [5, 5.41) is 0.496. The van der Waals surface area contributed by atoms with Crippen molar-refractivity contribution >= 4 is 22.4 Å². The third-order valence-corrected chi connectivity index (χ3v) is 6.44. The zero-order valence-corrected chi connectivity index (χ0v) is 20.4. The molecule has 4 rings (SSSR count). The lowest BCUT2D eigenvalue weighted by molar-refractivity contribution is 0.313. The van der Waals surface area contributed by atoms with Crippen LogP contribution in [-0.4, -0.2) is 6.61 Å². The molecule has 0 saturated carbocycles. The summed E-state index contributed by atoms with van der Waals surface area (Å²) in [6, 6.07) is 13.2. The van der Waals surface area contributed by atoms with Crippen molar-refractivity contribution in [1.29, 1.82) is 0 Å². The Hall–Kier alpha value is -3.12. The largest absolute Gasteiger partial charge is 0.493 e. The minimum atomic E-state index is -0.848. The molecule has 0 unspecified atom stereocenters. The van der Waals surface area contributed by atoms with Crippen molar-refractivity contribution in [1.82, 2.24) is 0 Å². The van der Waals surface area contributed by atoms with Gasteiger partial charge in [0.1, 0.15) is 39.9 Å². The van der Waals surface area contributed by atoms with E-state index in [0.717, 1.165) is 24.1 Å². The van der Waals surface area contributed by atoms with Crippen LogP contribution in [0, 0.1) is 29.1 Å².